The molecule has 6 rings (SSSR count). The first kappa shape index (κ1) is 17.7. The minimum Gasteiger partial charge on any atom is -0.0909 e. The second-order valence-corrected chi connectivity index (χ2v) is 7.91. The summed E-state index contributed by atoms with van der Waals surface area (Å²) in [6.45, 7) is 8.56. The maximum atomic E-state index is 4.21. The molecule has 5 aromatic carbocycles. The molecule has 0 fully saturated rings. The van der Waals surface area contributed by atoms with E-state index in [2.05, 4.69) is 105 Å². The molecule has 0 heteroatoms. The van der Waals surface area contributed by atoms with E-state index < -0.39 is 0 Å². The summed E-state index contributed by atoms with van der Waals surface area (Å²) in [5.74, 6) is 0. The van der Waals surface area contributed by atoms with Gasteiger partial charge in [0.15, 0.2) is 0 Å². The average Bonchev–Trinajstić information content (AvgIpc) is 2.77. The Bertz CT molecular complexity index is 1440. The van der Waals surface area contributed by atoms with Crippen LogP contribution in [0.15, 0.2) is 78.9 Å². The summed E-state index contributed by atoms with van der Waals surface area (Å²) >= 11 is 0. The molecule has 0 spiro atoms. The number of hydrogen-bond acceptors (Lipinski definition) is 0. The van der Waals surface area contributed by atoms with Gasteiger partial charge >= 0.3 is 0 Å². The van der Waals surface area contributed by atoms with E-state index in [0.29, 0.717) is 0 Å². The third kappa shape index (κ3) is 2.84. The van der Waals surface area contributed by atoms with Gasteiger partial charge in [0, 0.05) is 0 Å². The monoisotopic (exact) mass is 372 g/mol. The fourth-order valence-electron chi connectivity index (χ4n) is 4.61. The fraction of sp³-hybridized carbons (Fsp3) is 0.103. The van der Waals surface area contributed by atoms with E-state index >= 15 is 0 Å². The molecule has 0 aliphatic heterocycles. The minimum atomic E-state index is 1.08. The van der Waals surface area contributed by atoms with Crippen LogP contribution in [0.4, 0.5) is 0 Å². The molecule has 0 nitrogen and oxygen atoms in total. The molecule has 0 atom stereocenters. The molecule has 0 heterocycles. The molecule has 0 saturated carbocycles. The molecule has 0 N–H and O–H groups in total. The van der Waals surface area contributed by atoms with Crippen LogP contribution in [0, 0.1) is 13.8 Å². The van der Waals surface area contributed by atoms with Gasteiger partial charge in [-0.2, -0.15) is 0 Å². The van der Waals surface area contributed by atoms with Gasteiger partial charge in [-0.3, -0.25) is 0 Å². The third-order valence-electron chi connectivity index (χ3n) is 6.31. The molecular formula is C29H24. The Labute approximate surface area is 171 Å². The van der Waals surface area contributed by atoms with Gasteiger partial charge in [-0.25, -0.2) is 0 Å². The van der Waals surface area contributed by atoms with E-state index in [-0.39, 0.29) is 0 Å². The van der Waals surface area contributed by atoms with Crippen LogP contribution in [0.3, 0.4) is 0 Å². The van der Waals surface area contributed by atoms with Gasteiger partial charge in [0.05, 0.1) is 0 Å². The van der Waals surface area contributed by atoms with Crippen molar-refractivity contribution in [1.82, 2.24) is 0 Å². The lowest BCUT2D eigenvalue weighted by molar-refractivity contribution is 1.29. The third-order valence-corrected chi connectivity index (χ3v) is 6.31. The average molecular weight is 373 g/mol. The summed E-state index contributed by atoms with van der Waals surface area (Å²) in [6, 6.07) is 26.0. The van der Waals surface area contributed by atoms with Crippen LogP contribution in [-0.2, 0) is 6.42 Å². The predicted molar refractivity (Wildman–Crippen MR) is 128 cm³/mol. The van der Waals surface area contributed by atoms with E-state index in [9.17, 15) is 0 Å². The fourth-order valence-corrected chi connectivity index (χ4v) is 4.61. The quantitative estimate of drug-likeness (QED) is 0.271. The first-order valence-electron chi connectivity index (χ1n) is 10.2. The smallest absolute Gasteiger partial charge is 0.00302 e. The van der Waals surface area contributed by atoms with Crippen molar-refractivity contribution in [2.75, 3.05) is 0 Å². The largest absolute Gasteiger partial charge is 0.0909 e. The molecule has 140 valence electrons. The summed E-state index contributed by atoms with van der Waals surface area (Å²) in [6.07, 6.45) is 5.53. The molecule has 0 aromatic heterocycles. The summed E-state index contributed by atoms with van der Waals surface area (Å²) in [7, 11) is 0. The Balaban J connectivity index is 0.000000128. The first-order valence-corrected chi connectivity index (χ1v) is 10.2. The highest BCUT2D eigenvalue weighted by molar-refractivity contribution is 6.11. The van der Waals surface area contributed by atoms with Crippen molar-refractivity contribution >= 4 is 45.0 Å². The maximum Gasteiger partial charge on any atom is -0.00302 e. The summed E-state index contributed by atoms with van der Waals surface area (Å²) in [4.78, 5) is 0. The molecule has 0 saturated heterocycles. The van der Waals surface area contributed by atoms with E-state index in [4.69, 9.17) is 0 Å². The standard InChI is InChI=1S/C16H14.C13H10/c1-10-11(2)14-8-4-6-13-7-5-9-15(12(10)3)16(13)14;1-4-10-6-2-8-12-9-3-7-11(5-1)13(10)12/h4-9H,2H2,1,3H3;1-8H,9H2. The van der Waals surface area contributed by atoms with Crippen molar-refractivity contribution in [3.05, 3.63) is 106 Å². The van der Waals surface area contributed by atoms with Crippen LogP contribution in [-0.4, -0.2) is 0 Å². The zero-order chi connectivity index (χ0) is 20.0. The number of allylic oxidation sites excluding steroid dienone is 1. The van der Waals surface area contributed by atoms with Crippen molar-refractivity contribution in [2.45, 2.75) is 20.3 Å². The SMILES string of the molecule is C1=Cc2cccc3cccc(c23)C1.C=c1c(C)c(C)c2cccc3cccc1c32. The number of rotatable bonds is 0. The Morgan fingerprint density at radius 2 is 1.28 bits per heavy atom. The van der Waals surface area contributed by atoms with Crippen LogP contribution >= 0.6 is 0 Å². The van der Waals surface area contributed by atoms with Crippen molar-refractivity contribution in [1.29, 1.82) is 0 Å². The second kappa shape index (κ2) is 6.90. The Morgan fingerprint density at radius 1 is 0.655 bits per heavy atom. The lowest BCUT2D eigenvalue weighted by Crippen LogP contribution is -2.07. The van der Waals surface area contributed by atoms with Crippen molar-refractivity contribution in [3.63, 3.8) is 0 Å². The molecule has 0 amide bonds. The summed E-state index contributed by atoms with van der Waals surface area (Å²) in [5.41, 5.74) is 5.48. The van der Waals surface area contributed by atoms with Gasteiger partial charge in [-0.1, -0.05) is 91.5 Å². The number of aryl methyl sites for hydroxylation is 1. The summed E-state index contributed by atoms with van der Waals surface area (Å²) < 4.78 is 0. The second-order valence-electron chi connectivity index (χ2n) is 7.91. The molecule has 0 unspecified atom stereocenters. The van der Waals surface area contributed by atoms with Gasteiger partial charge in [-0.15, -0.1) is 0 Å². The highest BCUT2D eigenvalue weighted by Crippen LogP contribution is 2.29. The van der Waals surface area contributed by atoms with E-state index in [0.717, 1.165) is 6.42 Å². The molecular weight excluding hydrogens is 348 g/mol. The van der Waals surface area contributed by atoms with Gasteiger partial charge in [0.1, 0.15) is 0 Å². The van der Waals surface area contributed by atoms with Gasteiger partial charge in [-0.05, 0) is 80.1 Å². The zero-order valence-corrected chi connectivity index (χ0v) is 17.0. The highest BCUT2D eigenvalue weighted by atomic mass is 14.1. The lowest BCUT2D eigenvalue weighted by atomic mass is 9.93. The Hall–Kier alpha value is -3.38. The topological polar surface area (TPSA) is 0 Å². The number of hydrogen-bond donors (Lipinski definition) is 0. The molecule has 29 heavy (non-hydrogen) atoms. The van der Waals surface area contributed by atoms with Gasteiger partial charge in [0.25, 0.3) is 0 Å². The van der Waals surface area contributed by atoms with Crippen LogP contribution in [0.1, 0.15) is 22.3 Å². The molecule has 5 aromatic rings. The van der Waals surface area contributed by atoms with Crippen molar-refractivity contribution < 1.29 is 0 Å². The summed E-state index contributed by atoms with van der Waals surface area (Å²) in [5, 5.41) is 9.28. The minimum absolute atomic E-state index is 1.08. The van der Waals surface area contributed by atoms with Gasteiger partial charge in [0.2, 0.25) is 0 Å². The highest BCUT2D eigenvalue weighted by Gasteiger charge is 2.08. The van der Waals surface area contributed by atoms with Crippen molar-refractivity contribution in [3.8, 4) is 0 Å². The first-order chi connectivity index (χ1) is 14.1. The lowest BCUT2D eigenvalue weighted by Gasteiger charge is -2.11. The molecule has 0 radical (unpaired) electrons. The predicted octanol–water partition coefficient (Wildman–Crippen LogP) is 7.15. The molecule has 1 aliphatic carbocycles. The van der Waals surface area contributed by atoms with E-state index in [1.165, 1.54) is 59.8 Å². The molecule has 0 bridgehead atoms. The maximum absolute atomic E-state index is 4.21. The Morgan fingerprint density at radius 3 is 2.03 bits per heavy atom. The van der Waals surface area contributed by atoms with E-state index in [1.807, 2.05) is 0 Å². The van der Waals surface area contributed by atoms with Crippen molar-refractivity contribution in [2.24, 2.45) is 0 Å². The van der Waals surface area contributed by atoms with Crippen LogP contribution in [0.2, 0.25) is 0 Å². The van der Waals surface area contributed by atoms with Crippen LogP contribution in [0.5, 0.6) is 0 Å². The van der Waals surface area contributed by atoms with Crippen LogP contribution in [0.25, 0.3) is 45.0 Å². The zero-order valence-electron chi connectivity index (χ0n) is 17.0. The van der Waals surface area contributed by atoms with E-state index in [1.54, 1.807) is 0 Å². The molecule has 1 aliphatic rings. The van der Waals surface area contributed by atoms with Gasteiger partial charge < -0.3 is 0 Å². The Kier molecular flexibility index (Phi) is 4.21. The normalized spacial score (nSPS) is 12.3. The number of benzene rings is 5. The van der Waals surface area contributed by atoms with Crippen LogP contribution < -0.4 is 5.22 Å².